The van der Waals surface area contributed by atoms with E-state index in [0.29, 0.717) is 51.7 Å². The molecule has 0 fully saturated rings. The quantitative estimate of drug-likeness (QED) is 0.334. The van der Waals surface area contributed by atoms with Gasteiger partial charge in [0.05, 0.1) is 30.2 Å². The Bertz CT molecular complexity index is 1400. The second kappa shape index (κ2) is 13.1. The first-order valence-electron chi connectivity index (χ1n) is 13.4. The Kier molecular flexibility index (Phi) is 9.58. The highest BCUT2D eigenvalue weighted by atomic mass is 79.9. The number of ether oxygens (including phenoxy) is 3. The van der Waals surface area contributed by atoms with Crippen molar-refractivity contribution in [2.45, 2.75) is 59.0 Å². The van der Waals surface area contributed by atoms with Gasteiger partial charge in [-0.3, -0.25) is 15.1 Å². The molecular weight excluding hydrogens is 576 g/mol. The number of nitriles is 1. The summed E-state index contributed by atoms with van der Waals surface area (Å²) in [5.41, 5.74) is 3.58. The van der Waals surface area contributed by atoms with Crippen molar-refractivity contribution < 1.29 is 23.8 Å². The molecule has 0 radical (unpaired) electrons. The van der Waals surface area contributed by atoms with Gasteiger partial charge in [0.15, 0.2) is 17.3 Å². The summed E-state index contributed by atoms with van der Waals surface area (Å²) >= 11 is 3.64. The van der Waals surface area contributed by atoms with Crippen LogP contribution in [0, 0.1) is 23.2 Å². The van der Waals surface area contributed by atoms with E-state index in [9.17, 15) is 14.9 Å². The van der Waals surface area contributed by atoms with Crippen molar-refractivity contribution in [2.75, 3.05) is 19.0 Å². The number of carbonyl (C=O) groups is 2. The molecule has 1 N–H and O–H groups in total. The van der Waals surface area contributed by atoms with Crippen LogP contribution in [-0.2, 0) is 16.1 Å². The SMILES string of the molecule is CCCC1CC(=O)C2=C(C1)N=C(C)C(C#N)C2c1cc(Br)c(OCc2cccnc2NC(=O)OC)c(OCC)c1. The number of nitrogens with zero attached hydrogens (tertiary/aromatic N) is 3. The number of pyridine rings is 1. The van der Waals surface area contributed by atoms with Crippen LogP contribution in [-0.4, -0.2) is 36.3 Å². The van der Waals surface area contributed by atoms with Crippen molar-refractivity contribution in [3.8, 4) is 17.6 Å². The third-order valence-corrected chi connectivity index (χ3v) is 7.76. The highest BCUT2D eigenvalue weighted by molar-refractivity contribution is 9.10. The zero-order valence-corrected chi connectivity index (χ0v) is 24.7. The van der Waals surface area contributed by atoms with E-state index < -0.39 is 17.9 Å². The summed E-state index contributed by atoms with van der Waals surface area (Å²) in [6.45, 7) is 6.33. The van der Waals surface area contributed by atoms with E-state index in [1.165, 1.54) is 7.11 Å². The Labute approximate surface area is 242 Å². The zero-order chi connectivity index (χ0) is 28.8. The Morgan fingerprint density at radius 3 is 2.75 bits per heavy atom. The molecule has 4 rings (SSSR count). The summed E-state index contributed by atoms with van der Waals surface area (Å²) in [6.07, 6.45) is 4.14. The monoisotopic (exact) mass is 608 g/mol. The number of aromatic nitrogens is 1. The molecule has 1 aliphatic heterocycles. The summed E-state index contributed by atoms with van der Waals surface area (Å²) in [6, 6.07) is 9.67. The van der Waals surface area contributed by atoms with Crippen LogP contribution in [0.3, 0.4) is 0 Å². The maximum absolute atomic E-state index is 13.5. The number of nitrogens with one attached hydrogen (secondary N) is 1. The first-order valence-corrected chi connectivity index (χ1v) is 14.2. The van der Waals surface area contributed by atoms with Gasteiger partial charge in [0.25, 0.3) is 0 Å². The molecule has 3 unspecified atom stereocenters. The van der Waals surface area contributed by atoms with Gasteiger partial charge in [0.2, 0.25) is 0 Å². The van der Waals surface area contributed by atoms with Crippen LogP contribution in [0.5, 0.6) is 11.5 Å². The second-order valence-electron chi connectivity index (χ2n) is 9.86. The van der Waals surface area contributed by atoms with Gasteiger partial charge in [-0.2, -0.15) is 5.26 Å². The molecule has 2 aliphatic rings. The number of halogens is 1. The third kappa shape index (κ3) is 6.20. The number of aliphatic imine (C=N–C) groups is 1. The lowest BCUT2D eigenvalue weighted by Gasteiger charge is -2.35. The van der Waals surface area contributed by atoms with E-state index >= 15 is 0 Å². The van der Waals surface area contributed by atoms with Gasteiger partial charge in [-0.05, 0) is 72.3 Å². The van der Waals surface area contributed by atoms with Gasteiger partial charge in [-0.25, -0.2) is 9.78 Å². The molecule has 0 bridgehead atoms. The normalized spacial score (nSPS) is 20.2. The molecule has 0 saturated carbocycles. The summed E-state index contributed by atoms with van der Waals surface area (Å²) < 4.78 is 17.5. The Hall–Kier alpha value is -3.71. The topological polar surface area (TPSA) is 123 Å². The molecule has 1 aliphatic carbocycles. The molecule has 2 heterocycles. The average molecular weight is 610 g/mol. The Balaban J connectivity index is 1.71. The van der Waals surface area contributed by atoms with Crippen molar-refractivity contribution in [1.82, 2.24) is 4.98 Å². The summed E-state index contributed by atoms with van der Waals surface area (Å²) in [5.74, 6) is 0.583. The second-order valence-corrected chi connectivity index (χ2v) is 10.7. The lowest BCUT2D eigenvalue weighted by atomic mass is 9.70. The van der Waals surface area contributed by atoms with Crippen LogP contribution in [0.1, 0.15) is 63.5 Å². The fraction of sp³-hybridized carbons (Fsp3) is 0.433. The first kappa shape index (κ1) is 29.3. The molecule has 9 nitrogen and oxygen atoms in total. The van der Waals surface area contributed by atoms with Crippen molar-refractivity contribution >= 4 is 39.3 Å². The minimum atomic E-state index is -0.634. The van der Waals surface area contributed by atoms with Crippen LogP contribution in [0.15, 0.2) is 51.2 Å². The number of hydrogen-bond acceptors (Lipinski definition) is 8. The largest absolute Gasteiger partial charge is 0.490 e. The molecule has 0 saturated heterocycles. The number of benzene rings is 1. The van der Waals surface area contributed by atoms with Gasteiger partial charge in [0, 0.05) is 41.1 Å². The molecular formula is C30H33BrN4O5. The summed E-state index contributed by atoms with van der Waals surface area (Å²) in [7, 11) is 1.28. The lowest BCUT2D eigenvalue weighted by Crippen LogP contribution is -2.32. The van der Waals surface area contributed by atoms with Crippen LogP contribution < -0.4 is 14.8 Å². The van der Waals surface area contributed by atoms with Crippen molar-refractivity contribution in [1.29, 1.82) is 5.26 Å². The van der Waals surface area contributed by atoms with Crippen molar-refractivity contribution in [3.63, 3.8) is 0 Å². The standard InChI is InChI=1S/C30H33BrN4O5/c1-5-8-18-11-23-27(24(36)12-18)26(21(15-32)17(3)34-23)20-13-22(31)28(25(14-20)39-6-2)40-16-19-9-7-10-33-29(19)35-30(37)38-4/h7,9-10,13-14,18,21,26H,5-6,8,11-12,16H2,1-4H3,(H,33,35,37). The molecule has 2 aromatic rings. The summed E-state index contributed by atoms with van der Waals surface area (Å²) in [4.78, 5) is 34.2. The third-order valence-electron chi connectivity index (χ3n) is 7.17. The maximum atomic E-state index is 13.5. The Morgan fingerprint density at radius 2 is 2.05 bits per heavy atom. The van der Waals surface area contributed by atoms with E-state index in [2.05, 4.69) is 44.0 Å². The molecule has 3 atom stereocenters. The predicted octanol–water partition coefficient (Wildman–Crippen LogP) is 6.73. The first-order chi connectivity index (χ1) is 19.3. The van der Waals surface area contributed by atoms with Gasteiger partial charge in [-0.1, -0.05) is 19.4 Å². The highest BCUT2D eigenvalue weighted by Gasteiger charge is 2.41. The fourth-order valence-corrected chi connectivity index (χ4v) is 5.99. The van der Waals surface area contributed by atoms with E-state index in [0.717, 1.165) is 30.5 Å². The van der Waals surface area contributed by atoms with Gasteiger partial charge < -0.3 is 14.2 Å². The van der Waals surface area contributed by atoms with E-state index in [-0.39, 0.29) is 18.3 Å². The Morgan fingerprint density at radius 1 is 1.25 bits per heavy atom. The fourth-order valence-electron chi connectivity index (χ4n) is 5.41. The van der Waals surface area contributed by atoms with Gasteiger partial charge in [-0.15, -0.1) is 0 Å². The predicted molar refractivity (Wildman–Crippen MR) is 155 cm³/mol. The van der Waals surface area contributed by atoms with Crippen LogP contribution in [0.4, 0.5) is 10.6 Å². The molecule has 0 spiro atoms. The van der Waals surface area contributed by atoms with Crippen LogP contribution in [0.25, 0.3) is 0 Å². The van der Waals surface area contributed by atoms with E-state index in [1.54, 1.807) is 18.3 Å². The number of allylic oxidation sites excluding steroid dienone is 2. The van der Waals surface area contributed by atoms with E-state index in [4.69, 9.17) is 14.5 Å². The van der Waals surface area contributed by atoms with Gasteiger partial charge >= 0.3 is 6.09 Å². The van der Waals surface area contributed by atoms with Gasteiger partial charge in [0.1, 0.15) is 12.4 Å². The molecule has 10 heteroatoms. The number of carbonyl (C=O) groups excluding carboxylic acids is 2. The number of ketones is 1. The number of hydrogen-bond donors (Lipinski definition) is 1. The molecule has 210 valence electrons. The van der Waals surface area contributed by atoms with Crippen molar-refractivity contribution in [2.24, 2.45) is 16.8 Å². The number of rotatable bonds is 9. The molecule has 1 aromatic heterocycles. The smallest absolute Gasteiger partial charge is 0.412 e. The van der Waals surface area contributed by atoms with Crippen LogP contribution >= 0.6 is 15.9 Å². The minimum absolute atomic E-state index is 0.0674. The minimum Gasteiger partial charge on any atom is -0.490 e. The zero-order valence-electron chi connectivity index (χ0n) is 23.1. The summed E-state index contributed by atoms with van der Waals surface area (Å²) in [5, 5.41) is 12.7. The molecule has 40 heavy (non-hydrogen) atoms. The molecule has 1 amide bonds. The molecule has 1 aromatic carbocycles. The average Bonchev–Trinajstić information content (AvgIpc) is 2.92. The number of anilines is 1. The maximum Gasteiger partial charge on any atom is 0.412 e. The van der Waals surface area contributed by atoms with E-state index in [1.807, 2.05) is 26.0 Å². The number of Topliss-reactive ketones (excluding diaryl/α,β-unsaturated/α-hetero) is 1. The lowest BCUT2D eigenvalue weighted by molar-refractivity contribution is -0.117. The highest BCUT2D eigenvalue weighted by Crippen LogP contribution is 2.48. The van der Waals surface area contributed by atoms with Crippen LogP contribution in [0.2, 0.25) is 0 Å². The number of amides is 1. The van der Waals surface area contributed by atoms with Crippen molar-refractivity contribution in [3.05, 3.63) is 57.3 Å². The number of methoxy groups -OCH3 is 1.